The highest BCUT2D eigenvalue weighted by Gasteiger charge is 2.19. The van der Waals surface area contributed by atoms with Gasteiger partial charge >= 0.3 is 0 Å². The fourth-order valence-corrected chi connectivity index (χ4v) is 1.91. The molecule has 0 fully saturated rings. The zero-order chi connectivity index (χ0) is 15.1. The molecule has 1 unspecified atom stereocenters. The summed E-state index contributed by atoms with van der Waals surface area (Å²) >= 11 is 5.98. The van der Waals surface area contributed by atoms with Crippen molar-refractivity contribution in [3.05, 3.63) is 22.7 Å². The first-order valence-electron chi connectivity index (χ1n) is 6.54. The van der Waals surface area contributed by atoms with Crippen molar-refractivity contribution in [2.75, 3.05) is 13.7 Å². The first-order valence-corrected chi connectivity index (χ1v) is 6.92. The van der Waals surface area contributed by atoms with Crippen LogP contribution in [-0.4, -0.2) is 25.7 Å². The van der Waals surface area contributed by atoms with E-state index in [1.54, 1.807) is 19.1 Å². The maximum absolute atomic E-state index is 11.8. The lowest BCUT2D eigenvalue weighted by molar-refractivity contribution is -0.127. The lowest BCUT2D eigenvalue weighted by Gasteiger charge is -2.19. The lowest BCUT2D eigenvalue weighted by atomic mass is 10.2. The maximum atomic E-state index is 11.8. The van der Waals surface area contributed by atoms with Gasteiger partial charge < -0.3 is 20.5 Å². The Balaban J connectivity index is 2.92. The Morgan fingerprint density at radius 2 is 2.20 bits per heavy atom. The Morgan fingerprint density at radius 3 is 2.75 bits per heavy atom. The van der Waals surface area contributed by atoms with Gasteiger partial charge in [0.05, 0.1) is 7.11 Å². The van der Waals surface area contributed by atoms with Crippen molar-refractivity contribution >= 4 is 17.5 Å². The molecule has 1 atom stereocenters. The molecule has 0 aromatic heterocycles. The quantitative estimate of drug-likeness (QED) is 0.809. The Kier molecular flexibility index (Phi) is 6.61. The molecule has 1 aromatic carbocycles. The summed E-state index contributed by atoms with van der Waals surface area (Å²) in [6.07, 6.45) is 0.235. The van der Waals surface area contributed by atoms with Gasteiger partial charge in [-0.3, -0.25) is 4.79 Å². The van der Waals surface area contributed by atoms with Crippen molar-refractivity contribution < 1.29 is 14.3 Å². The van der Waals surface area contributed by atoms with Crippen molar-refractivity contribution in [1.29, 1.82) is 0 Å². The van der Waals surface area contributed by atoms with Crippen molar-refractivity contribution in [2.24, 2.45) is 5.73 Å². The molecular formula is C14H21ClN2O3. The van der Waals surface area contributed by atoms with E-state index in [2.05, 4.69) is 5.32 Å². The minimum Gasteiger partial charge on any atom is -0.493 e. The molecule has 20 heavy (non-hydrogen) atoms. The molecule has 112 valence electrons. The van der Waals surface area contributed by atoms with Gasteiger partial charge in [0.15, 0.2) is 17.6 Å². The molecule has 3 N–H and O–H groups in total. The van der Waals surface area contributed by atoms with E-state index in [9.17, 15) is 4.79 Å². The summed E-state index contributed by atoms with van der Waals surface area (Å²) in [7, 11) is 1.51. The van der Waals surface area contributed by atoms with Crippen molar-refractivity contribution in [3.63, 3.8) is 0 Å². The third kappa shape index (κ3) is 4.28. The number of halogens is 1. The molecule has 5 nitrogen and oxygen atoms in total. The number of amides is 1. The lowest BCUT2D eigenvalue weighted by Crippen LogP contribution is -2.36. The summed E-state index contributed by atoms with van der Waals surface area (Å²) in [5.74, 6) is 0.749. The van der Waals surface area contributed by atoms with Gasteiger partial charge in [0.25, 0.3) is 5.91 Å². The number of methoxy groups -OCH3 is 1. The van der Waals surface area contributed by atoms with Crippen LogP contribution in [0.4, 0.5) is 0 Å². The van der Waals surface area contributed by atoms with E-state index < -0.39 is 6.10 Å². The maximum Gasteiger partial charge on any atom is 0.260 e. The van der Waals surface area contributed by atoms with Gasteiger partial charge in [-0.1, -0.05) is 18.5 Å². The number of nitrogens with two attached hydrogens (primary N) is 1. The molecule has 0 aliphatic heterocycles. The molecular weight excluding hydrogens is 280 g/mol. The van der Waals surface area contributed by atoms with Gasteiger partial charge in [-0.2, -0.15) is 0 Å². The van der Waals surface area contributed by atoms with Crippen LogP contribution in [0.5, 0.6) is 11.5 Å². The van der Waals surface area contributed by atoms with Crippen LogP contribution in [0.2, 0.25) is 5.02 Å². The first kappa shape index (κ1) is 16.6. The van der Waals surface area contributed by atoms with Gasteiger partial charge in [-0.05, 0) is 19.4 Å². The zero-order valence-electron chi connectivity index (χ0n) is 12.0. The van der Waals surface area contributed by atoms with Crippen LogP contribution < -0.4 is 20.5 Å². The molecule has 0 heterocycles. The highest BCUT2D eigenvalue weighted by Crippen LogP contribution is 2.35. The first-order chi connectivity index (χ1) is 9.53. The van der Waals surface area contributed by atoms with Gasteiger partial charge in [0.1, 0.15) is 0 Å². The van der Waals surface area contributed by atoms with Gasteiger partial charge in [0.2, 0.25) is 0 Å². The largest absolute Gasteiger partial charge is 0.493 e. The van der Waals surface area contributed by atoms with Gasteiger partial charge in [0, 0.05) is 29.7 Å². The van der Waals surface area contributed by atoms with Crippen LogP contribution in [0, 0.1) is 0 Å². The number of hydrogen-bond acceptors (Lipinski definition) is 4. The highest BCUT2D eigenvalue weighted by atomic mass is 35.5. The summed E-state index contributed by atoms with van der Waals surface area (Å²) < 4.78 is 10.9. The molecule has 0 radical (unpaired) electrons. The number of benzene rings is 1. The summed E-state index contributed by atoms with van der Waals surface area (Å²) in [5.41, 5.74) is 6.38. The van der Waals surface area contributed by atoms with Crippen LogP contribution in [0.1, 0.15) is 25.8 Å². The van der Waals surface area contributed by atoms with E-state index in [0.29, 0.717) is 28.6 Å². The van der Waals surface area contributed by atoms with E-state index in [1.807, 2.05) is 6.92 Å². The second-order valence-electron chi connectivity index (χ2n) is 4.35. The molecule has 6 heteroatoms. The van der Waals surface area contributed by atoms with Gasteiger partial charge in [-0.15, -0.1) is 0 Å². The number of rotatable bonds is 7. The fourth-order valence-electron chi connectivity index (χ4n) is 1.68. The third-order valence-electron chi connectivity index (χ3n) is 2.75. The minimum atomic E-state index is -0.637. The zero-order valence-corrected chi connectivity index (χ0v) is 12.8. The Labute approximate surface area is 124 Å². The summed E-state index contributed by atoms with van der Waals surface area (Å²) in [6.45, 7) is 4.53. The molecule has 1 rings (SSSR count). The third-order valence-corrected chi connectivity index (χ3v) is 2.97. The van der Waals surface area contributed by atoms with Crippen LogP contribution in [0.25, 0.3) is 0 Å². The summed E-state index contributed by atoms with van der Waals surface area (Å²) in [5, 5.41) is 3.29. The Bertz CT molecular complexity index is 441. The van der Waals surface area contributed by atoms with Gasteiger partial charge in [-0.25, -0.2) is 0 Å². The van der Waals surface area contributed by atoms with E-state index in [4.69, 9.17) is 26.8 Å². The second-order valence-corrected chi connectivity index (χ2v) is 4.79. The van der Waals surface area contributed by atoms with Crippen LogP contribution in [0.3, 0.4) is 0 Å². The number of nitrogens with one attached hydrogen (secondary N) is 1. The molecule has 1 amide bonds. The SMILES string of the molecule is CCCNC(=O)C(C)Oc1c(CN)cc(Cl)cc1OC. The van der Waals surface area contributed by atoms with E-state index in [0.717, 1.165) is 6.42 Å². The minimum absolute atomic E-state index is 0.174. The summed E-state index contributed by atoms with van der Waals surface area (Å²) in [4.78, 5) is 11.8. The van der Waals surface area contributed by atoms with E-state index in [-0.39, 0.29) is 12.5 Å². The number of carbonyl (C=O) groups is 1. The predicted molar refractivity (Wildman–Crippen MR) is 79.3 cm³/mol. The monoisotopic (exact) mass is 300 g/mol. The van der Waals surface area contributed by atoms with Crippen molar-refractivity contribution in [2.45, 2.75) is 32.9 Å². The number of ether oxygens (including phenoxy) is 2. The van der Waals surface area contributed by atoms with Crippen LogP contribution in [0.15, 0.2) is 12.1 Å². The smallest absolute Gasteiger partial charge is 0.260 e. The topological polar surface area (TPSA) is 73.6 Å². The van der Waals surface area contributed by atoms with E-state index >= 15 is 0 Å². The standard InChI is InChI=1S/C14H21ClN2O3/c1-4-5-17-14(18)9(2)20-13-10(8-16)6-11(15)7-12(13)19-3/h6-7,9H,4-5,8,16H2,1-3H3,(H,17,18). The predicted octanol–water partition coefficient (Wildman–Crippen LogP) is 2.10. The normalized spacial score (nSPS) is 11.8. The average molecular weight is 301 g/mol. The molecule has 0 saturated heterocycles. The van der Waals surface area contributed by atoms with E-state index in [1.165, 1.54) is 7.11 Å². The summed E-state index contributed by atoms with van der Waals surface area (Å²) in [6, 6.07) is 3.34. The van der Waals surface area contributed by atoms with Crippen LogP contribution in [-0.2, 0) is 11.3 Å². The second kappa shape index (κ2) is 7.97. The van der Waals surface area contributed by atoms with Crippen molar-refractivity contribution in [3.8, 4) is 11.5 Å². The molecule has 0 bridgehead atoms. The van der Waals surface area contributed by atoms with Crippen molar-refractivity contribution in [1.82, 2.24) is 5.32 Å². The molecule has 0 aliphatic carbocycles. The number of hydrogen-bond donors (Lipinski definition) is 2. The Morgan fingerprint density at radius 1 is 1.50 bits per heavy atom. The molecule has 0 aliphatic rings. The molecule has 0 saturated carbocycles. The fraction of sp³-hybridized carbons (Fsp3) is 0.500. The van der Waals surface area contributed by atoms with Crippen LogP contribution >= 0.6 is 11.6 Å². The molecule has 0 spiro atoms. The highest BCUT2D eigenvalue weighted by molar-refractivity contribution is 6.30. The molecule has 1 aromatic rings. The Hall–Kier alpha value is -1.46. The number of carbonyl (C=O) groups excluding carboxylic acids is 1. The average Bonchev–Trinajstić information content (AvgIpc) is 2.45.